The third-order valence-corrected chi connectivity index (χ3v) is 5.21. The van der Waals surface area contributed by atoms with E-state index < -0.39 is 0 Å². The van der Waals surface area contributed by atoms with Gasteiger partial charge in [-0.1, -0.05) is 42.5 Å². The van der Waals surface area contributed by atoms with Crippen molar-refractivity contribution >= 4 is 5.69 Å². The lowest BCUT2D eigenvalue weighted by Crippen LogP contribution is -2.36. The van der Waals surface area contributed by atoms with Gasteiger partial charge in [0.1, 0.15) is 12.4 Å². The van der Waals surface area contributed by atoms with Crippen LogP contribution in [0.25, 0.3) is 0 Å². The Labute approximate surface area is 149 Å². The average molecular weight is 335 g/mol. The number of aryl methyl sites for hydroxylation is 1. The zero-order valence-electron chi connectivity index (χ0n) is 14.7. The normalized spacial score (nSPS) is 24.6. The Morgan fingerprint density at radius 1 is 1.28 bits per heavy atom. The van der Waals surface area contributed by atoms with E-state index in [-0.39, 0.29) is 12.1 Å². The van der Waals surface area contributed by atoms with Crippen molar-refractivity contribution in [1.29, 1.82) is 0 Å². The maximum atomic E-state index is 6.23. The van der Waals surface area contributed by atoms with Crippen LogP contribution in [-0.2, 0) is 4.74 Å². The number of nitrogens with one attached hydrogen (secondary N) is 1. The highest BCUT2D eigenvalue weighted by Crippen LogP contribution is 2.49. The van der Waals surface area contributed by atoms with Crippen molar-refractivity contribution in [1.82, 2.24) is 0 Å². The van der Waals surface area contributed by atoms with Crippen LogP contribution in [0.3, 0.4) is 0 Å². The van der Waals surface area contributed by atoms with E-state index in [9.17, 15) is 0 Å². The van der Waals surface area contributed by atoms with Crippen LogP contribution in [0.15, 0.2) is 55.1 Å². The fraction of sp³-hybridized carbons (Fsp3) is 0.364. The molecule has 2 aliphatic rings. The molecule has 3 unspecified atom stereocenters. The second-order valence-corrected chi connectivity index (χ2v) is 6.98. The highest BCUT2D eigenvalue weighted by molar-refractivity contribution is 5.58. The third kappa shape index (κ3) is 3.16. The molecule has 3 atom stereocenters. The fourth-order valence-corrected chi connectivity index (χ4v) is 4.07. The van der Waals surface area contributed by atoms with Crippen LogP contribution < -0.4 is 10.1 Å². The predicted octanol–water partition coefficient (Wildman–Crippen LogP) is 5.19. The van der Waals surface area contributed by atoms with Gasteiger partial charge in [-0.15, -0.1) is 0 Å². The van der Waals surface area contributed by atoms with Crippen molar-refractivity contribution < 1.29 is 9.47 Å². The molecule has 1 fully saturated rings. The van der Waals surface area contributed by atoms with E-state index in [4.69, 9.17) is 9.47 Å². The minimum Gasteiger partial charge on any atom is -0.490 e. The molecule has 0 spiro atoms. The first-order valence-electron chi connectivity index (χ1n) is 9.08. The van der Waals surface area contributed by atoms with E-state index in [0.717, 1.165) is 18.8 Å². The summed E-state index contributed by atoms with van der Waals surface area (Å²) in [5, 5.41) is 3.77. The molecule has 2 aromatic carbocycles. The minimum absolute atomic E-state index is 0.174. The Morgan fingerprint density at radius 2 is 2.20 bits per heavy atom. The van der Waals surface area contributed by atoms with Crippen LogP contribution in [-0.4, -0.2) is 13.2 Å². The maximum absolute atomic E-state index is 6.23. The number of rotatable bonds is 4. The molecule has 0 amide bonds. The number of ether oxygens (including phenoxy) is 2. The van der Waals surface area contributed by atoms with Crippen molar-refractivity contribution in [3.63, 3.8) is 0 Å². The van der Waals surface area contributed by atoms with Crippen LogP contribution in [0.4, 0.5) is 5.69 Å². The number of benzene rings is 2. The molecule has 0 radical (unpaired) electrons. The van der Waals surface area contributed by atoms with E-state index >= 15 is 0 Å². The Hall–Kier alpha value is -2.26. The summed E-state index contributed by atoms with van der Waals surface area (Å²) in [7, 11) is 0. The number of anilines is 1. The average Bonchev–Trinajstić information content (AvgIpc) is 2.66. The summed E-state index contributed by atoms with van der Waals surface area (Å²) in [5.41, 5.74) is 5.04. The summed E-state index contributed by atoms with van der Waals surface area (Å²) in [6.07, 6.45) is 4.24. The second kappa shape index (κ2) is 6.93. The second-order valence-electron chi connectivity index (χ2n) is 6.98. The number of hydrogen-bond donors (Lipinski definition) is 1. The van der Waals surface area contributed by atoms with Gasteiger partial charge in [0, 0.05) is 23.8 Å². The molecular formula is C22H25NO2. The summed E-state index contributed by atoms with van der Waals surface area (Å²) >= 11 is 0. The summed E-state index contributed by atoms with van der Waals surface area (Å²) in [6.45, 7) is 7.24. The molecule has 2 aromatic rings. The van der Waals surface area contributed by atoms with Crippen molar-refractivity contribution in [2.75, 3.05) is 18.5 Å². The molecule has 0 saturated carbocycles. The largest absolute Gasteiger partial charge is 0.490 e. The Bertz CT molecular complexity index is 770. The van der Waals surface area contributed by atoms with Gasteiger partial charge in [0.05, 0.1) is 12.1 Å². The standard InChI is InChI=1S/C22H25NO2/c1-3-11-24-17-7-4-6-16(14-17)21-18-8-5-12-25-22(18)19-13-15(2)9-10-20(19)23-21/h3-4,6-7,9-10,13-14,18,21-23H,1,5,8,11-12H2,2H3. The molecule has 3 heteroatoms. The smallest absolute Gasteiger partial charge is 0.120 e. The minimum atomic E-state index is 0.174. The molecule has 3 nitrogen and oxygen atoms in total. The molecule has 0 aliphatic carbocycles. The zero-order valence-corrected chi connectivity index (χ0v) is 14.7. The highest BCUT2D eigenvalue weighted by Gasteiger charge is 2.39. The fourth-order valence-electron chi connectivity index (χ4n) is 4.07. The van der Waals surface area contributed by atoms with Crippen molar-refractivity contribution in [3.05, 3.63) is 71.8 Å². The third-order valence-electron chi connectivity index (χ3n) is 5.21. The molecule has 1 N–H and O–H groups in total. The van der Waals surface area contributed by atoms with E-state index in [1.807, 2.05) is 6.07 Å². The van der Waals surface area contributed by atoms with Gasteiger partial charge in [-0.3, -0.25) is 0 Å². The molecular weight excluding hydrogens is 310 g/mol. The quantitative estimate of drug-likeness (QED) is 0.780. The first-order valence-corrected chi connectivity index (χ1v) is 9.08. The lowest BCUT2D eigenvalue weighted by molar-refractivity contribution is -0.0381. The van der Waals surface area contributed by atoms with Crippen molar-refractivity contribution in [2.45, 2.75) is 31.9 Å². The van der Waals surface area contributed by atoms with Crippen molar-refractivity contribution in [2.24, 2.45) is 5.92 Å². The number of hydrogen-bond acceptors (Lipinski definition) is 3. The summed E-state index contributed by atoms with van der Waals surface area (Å²) < 4.78 is 12.0. The lowest BCUT2D eigenvalue weighted by Gasteiger charge is -2.43. The Morgan fingerprint density at radius 3 is 3.08 bits per heavy atom. The first kappa shape index (κ1) is 16.2. The molecule has 0 bridgehead atoms. The molecule has 25 heavy (non-hydrogen) atoms. The van der Waals surface area contributed by atoms with E-state index in [2.05, 4.69) is 55.2 Å². The van der Waals surface area contributed by atoms with E-state index in [1.165, 1.54) is 28.8 Å². The summed E-state index contributed by atoms with van der Waals surface area (Å²) in [6, 6.07) is 15.3. The molecule has 0 aromatic heterocycles. The molecule has 2 aliphatic heterocycles. The van der Waals surface area contributed by atoms with Gasteiger partial charge in [0.15, 0.2) is 0 Å². The van der Waals surface area contributed by atoms with Crippen LogP contribution >= 0.6 is 0 Å². The molecule has 2 heterocycles. The van der Waals surface area contributed by atoms with E-state index in [0.29, 0.717) is 12.5 Å². The topological polar surface area (TPSA) is 30.5 Å². The Kier molecular flexibility index (Phi) is 4.50. The Balaban J connectivity index is 1.70. The maximum Gasteiger partial charge on any atom is 0.120 e. The summed E-state index contributed by atoms with van der Waals surface area (Å²) in [5.74, 6) is 1.33. The zero-order chi connectivity index (χ0) is 17.2. The van der Waals surface area contributed by atoms with Crippen LogP contribution in [0.2, 0.25) is 0 Å². The lowest BCUT2D eigenvalue weighted by atomic mass is 9.77. The monoisotopic (exact) mass is 335 g/mol. The summed E-state index contributed by atoms with van der Waals surface area (Å²) in [4.78, 5) is 0. The van der Waals surface area contributed by atoms with Crippen LogP contribution in [0.5, 0.6) is 5.75 Å². The van der Waals surface area contributed by atoms with Crippen LogP contribution in [0.1, 0.15) is 41.7 Å². The SMILES string of the molecule is C=CCOc1cccc(C2Nc3ccc(C)cc3C3OCCCC23)c1. The number of fused-ring (bicyclic) bond motifs is 3. The van der Waals surface area contributed by atoms with Gasteiger partial charge in [-0.05, 0) is 43.5 Å². The molecule has 130 valence electrons. The molecule has 1 saturated heterocycles. The first-order chi connectivity index (χ1) is 12.3. The van der Waals surface area contributed by atoms with Crippen molar-refractivity contribution in [3.8, 4) is 5.75 Å². The van der Waals surface area contributed by atoms with Gasteiger partial charge in [0.2, 0.25) is 0 Å². The van der Waals surface area contributed by atoms with Crippen LogP contribution in [0, 0.1) is 12.8 Å². The molecule has 4 rings (SSSR count). The van der Waals surface area contributed by atoms with E-state index in [1.54, 1.807) is 6.08 Å². The van der Waals surface area contributed by atoms with Gasteiger partial charge < -0.3 is 14.8 Å². The van der Waals surface area contributed by atoms with Gasteiger partial charge in [0.25, 0.3) is 0 Å². The van der Waals surface area contributed by atoms with Gasteiger partial charge in [-0.2, -0.15) is 0 Å². The highest BCUT2D eigenvalue weighted by atomic mass is 16.5. The van der Waals surface area contributed by atoms with Gasteiger partial charge in [-0.25, -0.2) is 0 Å². The predicted molar refractivity (Wildman–Crippen MR) is 101 cm³/mol. The van der Waals surface area contributed by atoms with Gasteiger partial charge >= 0.3 is 0 Å².